The van der Waals surface area contributed by atoms with Crippen molar-refractivity contribution in [3.8, 4) is 0 Å². The lowest BCUT2D eigenvalue weighted by molar-refractivity contribution is 0.338. The molecule has 6 aromatic carbocycles. The quantitative estimate of drug-likeness (QED) is 0.196. The van der Waals surface area contributed by atoms with Crippen LogP contribution in [0.2, 0.25) is 0 Å². The highest BCUT2D eigenvalue weighted by atomic mass is 15.1. The predicted molar refractivity (Wildman–Crippen MR) is 183 cm³/mol. The zero-order valence-corrected chi connectivity index (χ0v) is 24.6. The molecule has 0 heterocycles. The Morgan fingerprint density at radius 2 is 1.23 bits per heavy atom. The van der Waals surface area contributed by atoms with Gasteiger partial charge in [-0.2, -0.15) is 0 Å². The molecule has 0 radical (unpaired) electrons. The van der Waals surface area contributed by atoms with Gasteiger partial charge in [-0.25, -0.2) is 0 Å². The van der Waals surface area contributed by atoms with E-state index >= 15 is 0 Å². The van der Waals surface area contributed by atoms with Crippen LogP contribution in [-0.2, 0) is 0 Å². The van der Waals surface area contributed by atoms with Gasteiger partial charge in [-0.15, -0.1) is 0 Å². The maximum Gasteiger partial charge on any atom is 0.0619 e. The number of anilines is 3. The molecule has 0 saturated heterocycles. The van der Waals surface area contributed by atoms with E-state index in [1.54, 1.807) is 5.57 Å². The molecule has 1 nitrogen and oxygen atoms in total. The molecular formula is C42H35N. The zero-order valence-electron chi connectivity index (χ0n) is 24.6. The Balaban J connectivity index is 1.41. The van der Waals surface area contributed by atoms with Crippen LogP contribution in [0.1, 0.15) is 31.7 Å². The van der Waals surface area contributed by atoms with Crippen LogP contribution in [0.4, 0.5) is 17.1 Å². The summed E-state index contributed by atoms with van der Waals surface area (Å²) in [5, 5.41) is 7.80. The lowest BCUT2D eigenvalue weighted by Gasteiger charge is -2.35. The maximum atomic E-state index is 2.51. The molecule has 0 aromatic heterocycles. The molecule has 0 amide bonds. The van der Waals surface area contributed by atoms with Gasteiger partial charge in [0.1, 0.15) is 0 Å². The molecule has 0 spiro atoms. The first-order chi connectivity index (χ1) is 21.3. The minimum Gasteiger partial charge on any atom is -0.309 e. The van der Waals surface area contributed by atoms with Crippen molar-refractivity contribution in [2.75, 3.05) is 4.90 Å². The van der Waals surface area contributed by atoms with Crippen molar-refractivity contribution in [1.29, 1.82) is 0 Å². The highest BCUT2D eigenvalue weighted by Gasteiger charge is 2.47. The highest BCUT2D eigenvalue weighted by molar-refractivity contribution is 6.21. The molecule has 9 rings (SSSR count). The summed E-state index contributed by atoms with van der Waals surface area (Å²) in [5.41, 5.74) is 8.31. The first kappa shape index (κ1) is 24.9. The Kier molecular flexibility index (Phi) is 5.63. The fraction of sp³-hybridized carbons (Fsp3) is 0.190. The first-order valence-electron chi connectivity index (χ1n) is 16.0. The van der Waals surface area contributed by atoms with Gasteiger partial charge in [-0.05, 0) is 88.4 Å². The molecule has 3 aliphatic carbocycles. The van der Waals surface area contributed by atoms with Gasteiger partial charge in [-0.3, -0.25) is 0 Å². The number of allylic oxidation sites excluding steroid dienone is 4. The van der Waals surface area contributed by atoms with E-state index in [4.69, 9.17) is 0 Å². The van der Waals surface area contributed by atoms with Crippen molar-refractivity contribution in [3.05, 3.63) is 145 Å². The molecular weight excluding hydrogens is 518 g/mol. The molecule has 4 atom stereocenters. The summed E-state index contributed by atoms with van der Waals surface area (Å²) in [7, 11) is 0. The van der Waals surface area contributed by atoms with Crippen LogP contribution in [0, 0.1) is 23.7 Å². The van der Waals surface area contributed by atoms with Gasteiger partial charge in [0.2, 0.25) is 0 Å². The summed E-state index contributed by atoms with van der Waals surface area (Å²) in [6, 6.07) is 44.7. The van der Waals surface area contributed by atoms with E-state index in [9.17, 15) is 0 Å². The van der Waals surface area contributed by atoms with E-state index in [0.29, 0.717) is 11.8 Å². The number of rotatable bonds is 4. The summed E-state index contributed by atoms with van der Waals surface area (Å²) in [5.74, 6) is 2.93. The van der Waals surface area contributed by atoms with Gasteiger partial charge in [0.05, 0.1) is 11.4 Å². The van der Waals surface area contributed by atoms with Gasteiger partial charge in [0, 0.05) is 21.8 Å². The van der Waals surface area contributed by atoms with Gasteiger partial charge in [0.15, 0.2) is 0 Å². The van der Waals surface area contributed by atoms with Crippen molar-refractivity contribution in [2.24, 2.45) is 23.7 Å². The van der Waals surface area contributed by atoms with Crippen molar-refractivity contribution >= 4 is 55.0 Å². The van der Waals surface area contributed by atoms with Crippen LogP contribution in [0.15, 0.2) is 139 Å². The lowest BCUT2D eigenvalue weighted by Crippen LogP contribution is -2.23. The lowest BCUT2D eigenvalue weighted by atomic mass is 9.70. The molecule has 208 valence electrons. The minimum absolute atomic E-state index is 0.630. The van der Waals surface area contributed by atoms with Crippen molar-refractivity contribution in [1.82, 2.24) is 0 Å². The Bertz CT molecular complexity index is 2040. The third kappa shape index (κ3) is 3.70. The molecule has 1 heteroatoms. The molecule has 4 unspecified atom stereocenters. The van der Waals surface area contributed by atoms with E-state index in [2.05, 4.69) is 145 Å². The predicted octanol–water partition coefficient (Wildman–Crippen LogP) is 11.6. The third-order valence-corrected chi connectivity index (χ3v) is 10.6. The number of hydrogen-bond donors (Lipinski definition) is 0. The van der Waals surface area contributed by atoms with Crippen LogP contribution in [-0.4, -0.2) is 0 Å². The smallest absolute Gasteiger partial charge is 0.0619 e. The number of fused-ring (bicyclic) bond motifs is 8. The van der Waals surface area contributed by atoms with Crippen molar-refractivity contribution in [2.45, 2.75) is 26.2 Å². The summed E-state index contributed by atoms with van der Waals surface area (Å²) in [6.45, 7) is 2.44. The normalized spacial score (nSPS) is 22.5. The maximum absolute atomic E-state index is 2.51. The van der Waals surface area contributed by atoms with Crippen LogP contribution < -0.4 is 4.90 Å². The number of benzene rings is 6. The molecule has 43 heavy (non-hydrogen) atoms. The van der Waals surface area contributed by atoms with Gasteiger partial charge in [0.25, 0.3) is 0 Å². The molecule has 3 aliphatic rings. The summed E-state index contributed by atoms with van der Waals surface area (Å²) in [4.78, 5) is 2.51. The molecule has 0 N–H and O–H groups in total. The molecule has 2 bridgehead atoms. The molecule has 2 saturated carbocycles. The van der Waals surface area contributed by atoms with Crippen molar-refractivity contribution in [3.63, 3.8) is 0 Å². The summed E-state index contributed by atoms with van der Waals surface area (Å²) < 4.78 is 0. The number of hydrogen-bond acceptors (Lipinski definition) is 1. The standard InChI is InChI=1S/C42H35N/c1-27-22-25-37(40-30-24-23-29(26-30)39(27)40)41-33-17-7-9-19-35(33)42(36-20-10-8-18-34(36)41)43(31-14-3-2-4-15-31)38-21-11-13-28-12-5-6-16-32(28)38/h2-22,25,27,29-30,39H,23-24,26H2,1H3. The van der Waals surface area contributed by atoms with E-state index in [1.165, 1.54) is 79.8 Å². The molecule has 2 fully saturated rings. The number of para-hydroxylation sites is 1. The van der Waals surface area contributed by atoms with Crippen LogP contribution >= 0.6 is 0 Å². The topological polar surface area (TPSA) is 3.24 Å². The monoisotopic (exact) mass is 553 g/mol. The van der Waals surface area contributed by atoms with Gasteiger partial charge >= 0.3 is 0 Å². The zero-order chi connectivity index (χ0) is 28.5. The van der Waals surface area contributed by atoms with E-state index in [1.807, 2.05) is 0 Å². The Hall–Kier alpha value is -4.62. The molecule has 0 aliphatic heterocycles. The Morgan fingerprint density at radius 3 is 1.98 bits per heavy atom. The number of nitrogens with zero attached hydrogens (tertiary/aromatic N) is 1. The molecule has 6 aromatic rings. The second-order valence-electron chi connectivity index (χ2n) is 12.9. The van der Waals surface area contributed by atoms with Crippen LogP contribution in [0.5, 0.6) is 0 Å². The second kappa shape index (κ2) is 9.71. The van der Waals surface area contributed by atoms with E-state index in [0.717, 1.165) is 11.8 Å². The van der Waals surface area contributed by atoms with Crippen molar-refractivity contribution < 1.29 is 0 Å². The van der Waals surface area contributed by atoms with Crippen LogP contribution in [0.3, 0.4) is 0 Å². The first-order valence-corrected chi connectivity index (χ1v) is 16.0. The van der Waals surface area contributed by atoms with E-state index < -0.39 is 0 Å². The largest absolute Gasteiger partial charge is 0.309 e. The highest BCUT2D eigenvalue weighted by Crippen LogP contribution is 2.60. The minimum atomic E-state index is 0.630. The average molecular weight is 554 g/mol. The Labute approximate surface area is 253 Å². The van der Waals surface area contributed by atoms with E-state index in [-0.39, 0.29) is 0 Å². The van der Waals surface area contributed by atoms with Gasteiger partial charge < -0.3 is 4.90 Å². The summed E-state index contributed by atoms with van der Waals surface area (Å²) in [6.07, 6.45) is 9.14. The second-order valence-corrected chi connectivity index (χ2v) is 12.9. The van der Waals surface area contributed by atoms with Gasteiger partial charge in [-0.1, -0.05) is 128 Å². The fourth-order valence-electron chi connectivity index (χ4n) is 8.96. The SMILES string of the molecule is CC1C=CC(c2c3ccccc3c(N(c3ccccc3)c3cccc4ccccc34)c3ccccc23)=C2C3CCC(C3)C21. The Morgan fingerprint density at radius 1 is 0.605 bits per heavy atom. The summed E-state index contributed by atoms with van der Waals surface area (Å²) >= 11 is 0. The fourth-order valence-corrected chi connectivity index (χ4v) is 8.96. The third-order valence-electron chi connectivity index (χ3n) is 10.6. The van der Waals surface area contributed by atoms with Crippen LogP contribution in [0.25, 0.3) is 37.9 Å². The average Bonchev–Trinajstić information content (AvgIpc) is 3.69.